The Morgan fingerprint density at radius 3 is 2.71 bits per heavy atom. The molecule has 4 N–H and O–H groups in total. The molecule has 21 heavy (non-hydrogen) atoms. The van der Waals surface area contributed by atoms with Crippen LogP contribution in [0, 0.1) is 5.82 Å². The van der Waals surface area contributed by atoms with Crippen molar-refractivity contribution in [3.8, 4) is 0 Å². The summed E-state index contributed by atoms with van der Waals surface area (Å²) in [6, 6.07) is 9.47. The summed E-state index contributed by atoms with van der Waals surface area (Å²) < 4.78 is 13.9. The van der Waals surface area contributed by atoms with Gasteiger partial charge in [-0.2, -0.15) is 0 Å². The first-order chi connectivity index (χ1) is 10.0. The Bertz CT molecular complexity index is 692. The molecule has 7 heteroatoms. The van der Waals surface area contributed by atoms with Crippen LogP contribution in [0.15, 0.2) is 41.6 Å². The maximum atomic E-state index is 13.9. The number of hydrogen-bond acceptors (Lipinski definition) is 3. The van der Waals surface area contributed by atoms with Gasteiger partial charge in [-0.1, -0.05) is 46.6 Å². The SMILES string of the molecule is NC(=NO)c1ccc(CNc2cccc(Cl)c2Cl)c(F)c1. The Hall–Kier alpha value is -1.98. The van der Waals surface area contributed by atoms with Gasteiger partial charge in [-0.05, 0) is 18.2 Å². The topological polar surface area (TPSA) is 70.6 Å². The predicted molar refractivity (Wildman–Crippen MR) is 82.7 cm³/mol. The molecule has 0 aliphatic rings. The third-order valence-electron chi connectivity index (χ3n) is 2.88. The van der Waals surface area contributed by atoms with E-state index in [1.54, 1.807) is 30.3 Å². The van der Waals surface area contributed by atoms with E-state index >= 15 is 0 Å². The molecule has 0 fully saturated rings. The summed E-state index contributed by atoms with van der Waals surface area (Å²) in [5.41, 5.74) is 6.74. The molecule has 2 aromatic carbocycles. The van der Waals surface area contributed by atoms with Crippen LogP contribution < -0.4 is 11.1 Å². The first-order valence-electron chi connectivity index (χ1n) is 5.97. The fourth-order valence-corrected chi connectivity index (χ4v) is 2.11. The molecule has 0 amide bonds. The van der Waals surface area contributed by atoms with Crippen LogP contribution in [-0.2, 0) is 6.54 Å². The van der Waals surface area contributed by atoms with Gasteiger partial charge in [-0.25, -0.2) is 4.39 Å². The van der Waals surface area contributed by atoms with E-state index in [4.69, 9.17) is 34.1 Å². The molecule has 0 unspecified atom stereocenters. The molecule has 0 bridgehead atoms. The first-order valence-corrected chi connectivity index (χ1v) is 6.72. The fraction of sp³-hybridized carbons (Fsp3) is 0.0714. The second kappa shape index (κ2) is 6.65. The van der Waals surface area contributed by atoms with Crippen LogP contribution in [0.1, 0.15) is 11.1 Å². The van der Waals surface area contributed by atoms with Gasteiger partial charge in [-0.15, -0.1) is 0 Å². The Morgan fingerprint density at radius 2 is 2.05 bits per heavy atom. The van der Waals surface area contributed by atoms with Crippen molar-refractivity contribution in [2.45, 2.75) is 6.54 Å². The number of oxime groups is 1. The van der Waals surface area contributed by atoms with Gasteiger partial charge in [0.05, 0.1) is 15.7 Å². The lowest BCUT2D eigenvalue weighted by molar-refractivity contribution is 0.318. The number of nitrogens with one attached hydrogen (secondary N) is 1. The molecule has 0 radical (unpaired) electrons. The lowest BCUT2D eigenvalue weighted by atomic mass is 10.1. The summed E-state index contributed by atoms with van der Waals surface area (Å²) in [6.07, 6.45) is 0. The van der Waals surface area contributed by atoms with E-state index in [0.717, 1.165) is 0 Å². The molecule has 0 aliphatic carbocycles. The second-order valence-electron chi connectivity index (χ2n) is 4.25. The maximum absolute atomic E-state index is 13.9. The molecule has 0 spiro atoms. The lowest BCUT2D eigenvalue weighted by Gasteiger charge is -2.10. The largest absolute Gasteiger partial charge is 0.409 e. The summed E-state index contributed by atoms with van der Waals surface area (Å²) in [4.78, 5) is 0. The van der Waals surface area contributed by atoms with Crippen LogP contribution >= 0.6 is 23.2 Å². The smallest absolute Gasteiger partial charge is 0.170 e. The van der Waals surface area contributed by atoms with Crippen molar-refractivity contribution in [2.75, 3.05) is 5.32 Å². The number of nitrogens with zero attached hydrogens (tertiary/aromatic N) is 1. The molecule has 0 heterocycles. The van der Waals surface area contributed by atoms with Crippen LogP contribution in [0.25, 0.3) is 0 Å². The van der Waals surface area contributed by atoms with E-state index in [1.807, 2.05) is 0 Å². The van der Waals surface area contributed by atoms with Gasteiger partial charge < -0.3 is 16.3 Å². The van der Waals surface area contributed by atoms with E-state index in [-0.39, 0.29) is 12.4 Å². The third-order valence-corrected chi connectivity index (χ3v) is 3.70. The summed E-state index contributed by atoms with van der Waals surface area (Å²) in [6.45, 7) is 0.225. The minimum Gasteiger partial charge on any atom is -0.409 e. The number of anilines is 1. The van der Waals surface area contributed by atoms with Crippen LogP contribution in [0.4, 0.5) is 10.1 Å². The summed E-state index contributed by atoms with van der Waals surface area (Å²) >= 11 is 11.9. The molecule has 2 aromatic rings. The van der Waals surface area contributed by atoms with E-state index in [9.17, 15) is 4.39 Å². The van der Waals surface area contributed by atoms with Gasteiger partial charge >= 0.3 is 0 Å². The molecular weight excluding hydrogens is 316 g/mol. The van der Waals surface area contributed by atoms with Gasteiger partial charge in [0.15, 0.2) is 5.84 Å². The number of rotatable bonds is 4. The lowest BCUT2D eigenvalue weighted by Crippen LogP contribution is -2.14. The fourth-order valence-electron chi connectivity index (χ4n) is 1.74. The molecule has 110 valence electrons. The zero-order valence-corrected chi connectivity index (χ0v) is 12.3. The molecule has 4 nitrogen and oxygen atoms in total. The average Bonchev–Trinajstić information content (AvgIpc) is 2.49. The Balaban J connectivity index is 2.15. The van der Waals surface area contributed by atoms with Crippen LogP contribution in [0.5, 0.6) is 0 Å². The van der Waals surface area contributed by atoms with E-state index in [1.165, 1.54) is 6.07 Å². The van der Waals surface area contributed by atoms with Gasteiger partial charge in [0.2, 0.25) is 0 Å². The van der Waals surface area contributed by atoms with Crippen molar-refractivity contribution in [3.63, 3.8) is 0 Å². The van der Waals surface area contributed by atoms with Crippen molar-refractivity contribution < 1.29 is 9.60 Å². The average molecular weight is 328 g/mol. The molecule has 0 saturated heterocycles. The highest BCUT2D eigenvalue weighted by atomic mass is 35.5. The zero-order chi connectivity index (χ0) is 15.4. The minimum absolute atomic E-state index is 0.147. The van der Waals surface area contributed by atoms with Crippen molar-refractivity contribution >= 4 is 34.7 Å². The summed E-state index contributed by atoms with van der Waals surface area (Å²) in [5.74, 6) is -0.615. The second-order valence-corrected chi connectivity index (χ2v) is 5.03. The monoisotopic (exact) mass is 327 g/mol. The number of hydrogen-bond donors (Lipinski definition) is 3. The summed E-state index contributed by atoms with van der Waals surface area (Å²) in [7, 11) is 0. The Morgan fingerprint density at radius 1 is 1.29 bits per heavy atom. The number of halogens is 3. The van der Waals surface area contributed by atoms with Gasteiger partial charge in [0.25, 0.3) is 0 Å². The number of amidine groups is 1. The molecule has 0 aromatic heterocycles. The van der Waals surface area contributed by atoms with Gasteiger partial charge in [-0.3, -0.25) is 0 Å². The van der Waals surface area contributed by atoms with Gasteiger partial charge in [0, 0.05) is 17.7 Å². The van der Waals surface area contributed by atoms with E-state index in [2.05, 4.69) is 10.5 Å². The maximum Gasteiger partial charge on any atom is 0.170 e. The third kappa shape index (κ3) is 3.56. The molecule has 0 aliphatic heterocycles. The Kier molecular flexibility index (Phi) is 4.88. The Labute approximate surface area is 131 Å². The first kappa shape index (κ1) is 15.4. The highest BCUT2D eigenvalue weighted by Crippen LogP contribution is 2.29. The molecule has 0 saturated carbocycles. The highest BCUT2D eigenvalue weighted by Gasteiger charge is 2.08. The predicted octanol–water partition coefficient (Wildman–Crippen LogP) is 3.84. The molecule has 2 rings (SSSR count). The number of nitrogens with two attached hydrogens (primary N) is 1. The molecule has 0 atom stereocenters. The number of benzene rings is 2. The zero-order valence-electron chi connectivity index (χ0n) is 10.8. The van der Waals surface area contributed by atoms with E-state index < -0.39 is 5.82 Å². The minimum atomic E-state index is -0.468. The van der Waals surface area contributed by atoms with Gasteiger partial charge in [0.1, 0.15) is 5.82 Å². The highest BCUT2D eigenvalue weighted by molar-refractivity contribution is 6.43. The van der Waals surface area contributed by atoms with Crippen LogP contribution in [0.2, 0.25) is 10.0 Å². The van der Waals surface area contributed by atoms with Crippen LogP contribution in [-0.4, -0.2) is 11.0 Å². The quantitative estimate of drug-likeness (QED) is 0.346. The van der Waals surface area contributed by atoms with Crippen molar-refractivity contribution in [3.05, 3.63) is 63.4 Å². The van der Waals surface area contributed by atoms with Crippen LogP contribution in [0.3, 0.4) is 0 Å². The normalized spacial score (nSPS) is 11.5. The standard InChI is InChI=1S/C14H12Cl2FN3O/c15-10-2-1-3-12(13(10)16)19-7-9-5-4-8(6-11(9)17)14(18)20-21/h1-6,19,21H,7H2,(H2,18,20). The van der Waals surface area contributed by atoms with Crippen molar-refractivity contribution in [1.29, 1.82) is 0 Å². The molecular formula is C14H12Cl2FN3O. The van der Waals surface area contributed by atoms with E-state index in [0.29, 0.717) is 26.9 Å². The van der Waals surface area contributed by atoms with Crippen molar-refractivity contribution in [2.24, 2.45) is 10.9 Å². The van der Waals surface area contributed by atoms with Crippen molar-refractivity contribution in [1.82, 2.24) is 0 Å². The summed E-state index contributed by atoms with van der Waals surface area (Å²) in [5, 5.41) is 15.2.